The molecule has 0 heterocycles. The molecule has 17 heavy (non-hydrogen) atoms. The molecule has 1 rings (SSSR count). The molecule has 0 unspecified atom stereocenters. The lowest BCUT2D eigenvalue weighted by atomic mass is 9.96. The van der Waals surface area contributed by atoms with Crippen molar-refractivity contribution in [3.63, 3.8) is 0 Å². The standard InChI is InChI=1S/C14H21NO2/c1-4-17-13(16)12-7-5-6-11(10-12)8-9-14(2,3)15/h5-7,10H,4,8-9,15H2,1-3H3. The summed E-state index contributed by atoms with van der Waals surface area (Å²) in [4.78, 5) is 11.6. The average molecular weight is 235 g/mol. The molecule has 0 saturated carbocycles. The van der Waals surface area contributed by atoms with Crippen molar-refractivity contribution in [2.45, 2.75) is 39.2 Å². The van der Waals surface area contributed by atoms with Crippen LogP contribution in [0.2, 0.25) is 0 Å². The van der Waals surface area contributed by atoms with E-state index in [1.807, 2.05) is 32.0 Å². The highest BCUT2D eigenvalue weighted by Crippen LogP contribution is 2.13. The first-order valence-electron chi connectivity index (χ1n) is 5.97. The van der Waals surface area contributed by atoms with E-state index >= 15 is 0 Å². The van der Waals surface area contributed by atoms with Crippen molar-refractivity contribution in [3.05, 3.63) is 35.4 Å². The highest BCUT2D eigenvalue weighted by Gasteiger charge is 2.11. The van der Waals surface area contributed by atoms with Gasteiger partial charge in [0.05, 0.1) is 12.2 Å². The Hall–Kier alpha value is -1.35. The Labute approximate surface area is 103 Å². The van der Waals surface area contributed by atoms with Gasteiger partial charge in [0.2, 0.25) is 0 Å². The van der Waals surface area contributed by atoms with Gasteiger partial charge in [0.1, 0.15) is 0 Å². The van der Waals surface area contributed by atoms with Gasteiger partial charge in [-0.1, -0.05) is 12.1 Å². The lowest BCUT2D eigenvalue weighted by Crippen LogP contribution is -2.32. The van der Waals surface area contributed by atoms with Crippen LogP contribution >= 0.6 is 0 Å². The molecule has 0 aliphatic heterocycles. The molecule has 0 amide bonds. The number of hydrogen-bond acceptors (Lipinski definition) is 3. The number of aryl methyl sites for hydroxylation is 1. The van der Waals surface area contributed by atoms with Crippen molar-refractivity contribution in [2.75, 3.05) is 6.61 Å². The SMILES string of the molecule is CCOC(=O)c1cccc(CCC(C)(C)N)c1. The molecule has 0 bridgehead atoms. The Morgan fingerprint density at radius 1 is 1.41 bits per heavy atom. The number of rotatable bonds is 5. The summed E-state index contributed by atoms with van der Waals surface area (Å²) >= 11 is 0. The van der Waals surface area contributed by atoms with E-state index < -0.39 is 0 Å². The second-order valence-electron chi connectivity index (χ2n) is 4.91. The summed E-state index contributed by atoms with van der Waals surface area (Å²) < 4.78 is 4.96. The van der Waals surface area contributed by atoms with E-state index in [1.165, 1.54) is 0 Å². The van der Waals surface area contributed by atoms with Crippen LogP contribution < -0.4 is 5.73 Å². The summed E-state index contributed by atoms with van der Waals surface area (Å²) in [6.07, 6.45) is 1.76. The van der Waals surface area contributed by atoms with Gasteiger partial charge in [-0.3, -0.25) is 0 Å². The molecule has 0 spiro atoms. The van der Waals surface area contributed by atoms with Gasteiger partial charge in [0.15, 0.2) is 0 Å². The number of hydrogen-bond donors (Lipinski definition) is 1. The van der Waals surface area contributed by atoms with Crippen molar-refractivity contribution in [1.82, 2.24) is 0 Å². The Balaban J connectivity index is 2.69. The number of ether oxygens (including phenoxy) is 1. The van der Waals surface area contributed by atoms with E-state index in [9.17, 15) is 4.79 Å². The minimum absolute atomic E-state index is 0.181. The maximum atomic E-state index is 11.6. The van der Waals surface area contributed by atoms with Gasteiger partial charge in [-0.2, -0.15) is 0 Å². The van der Waals surface area contributed by atoms with Crippen LogP contribution in [0.5, 0.6) is 0 Å². The number of benzene rings is 1. The molecule has 0 aromatic heterocycles. The van der Waals surface area contributed by atoms with Crippen LogP contribution in [0, 0.1) is 0 Å². The molecular formula is C14H21NO2. The Morgan fingerprint density at radius 2 is 2.12 bits per heavy atom. The van der Waals surface area contributed by atoms with E-state index in [4.69, 9.17) is 10.5 Å². The third kappa shape index (κ3) is 5.00. The zero-order valence-electron chi connectivity index (χ0n) is 10.8. The molecule has 0 aliphatic rings. The molecule has 0 aliphatic carbocycles. The highest BCUT2D eigenvalue weighted by atomic mass is 16.5. The summed E-state index contributed by atoms with van der Waals surface area (Å²) in [5, 5.41) is 0. The van der Waals surface area contributed by atoms with E-state index in [-0.39, 0.29) is 11.5 Å². The van der Waals surface area contributed by atoms with Gasteiger partial charge in [-0.15, -0.1) is 0 Å². The van der Waals surface area contributed by atoms with Crippen molar-refractivity contribution in [1.29, 1.82) is 0 Å². The van der Waals surface area contributed by atoms with E-state index in [0.29, 0.717) is 12.2 Å². The second-order valence-corrected chi connectivity index (χ2v) is 4.91. The summed E-state index contributed by atoms with van der Waals surface area (Å²) in [5.74, 6) is -0.263. The van der Waals surface area contributed by atoms with Gasteiger partial charge >= 0.3 is 5.97 Å². The molecular weight excluding hydrogens is 214 g/mol. The third-order valence-electron chi connectivity index (χ3n) is 2.50. The van der Waals surface area contributed by atoms with Crippen LogP contribution in [0.3, 0.4) is 0 Å². The lowest BCUT2D eigenvalue weighted by molar-refractivity contribution is 0.0526. The van der Waals surface area contributed by atoms with Gasteiger partial charge in [-0.05, 0) is 51.3 Å². The lowest BCUT2D eigenvalue weighted by Gasteiger charge is -2.18. The van der Waals surface area contributed by atoms with Crippen molar-refractivity contribution < 1.29 is 9.53 Å². The number of carbonyl (C=O) groups is 1. The Morgan fingerprint density at radius 3 is 2.71 bits per heavy atom. The molecule has 0 atom stereocenters. The van der Waals surface area contributed by atoms with Crippen molar-refractivity contribution in [3.8, 4) is 0 Å². The molecule has 0 fully saturated rings. The third-order valence-corrected chi connectivity index (χ3v) is 2.50. The zero-order valence-corrected chi connectivity index (χ0v) is 10.8. The van der Waals surface area contributed by atoms with Gasteiger partial charge < -0.3 is 10.5 Å². The van der Waals surface area contributed by atoms with Crippen LogP contribution in [0.15, 0.2) is 24.3 Å². The maximum Gasteiger partial charge on any atom is 0.338 e. The van der Waals surface area contributed by atoms with Crippen LogP contribution in [-0.2, 0) is 11.2 Å². The Kier molecular flexibility index (Phi) is 4.70. The molecule has 2 N–H and O–H groups in total. The summed E-state index contributed by atoms with van der Waals surface area (Å²) in [5.41, 5.74) is 7.49. The van der Waals surface area contributed by atoms with E-state index in [0.717, 1.165) is 18.4 Å². The first-order chi connectivity index (χ1) is 7.92. The van der Waals surface area contributed by atoms with E-state index in [2.05, 4.69) is 0 Å². The largest absolute Gasteiger partial charge is 0.462 e. The van der Waals surface area contributed by atoms with Crippen LogP contribution in [0.4, 0.5) is 0 Å². The fourth-order valence-corrected chi connectivity index (χ4v) is 1.53. The molecule has 3 heteroatoms. The summed E-state index contributed by atoms with van der Waals surface area (Å²) in [6.45, 7) is 6.21. The molecule has 3 nitrogen and oxygen atoms in total. The van der Waals surface area contributed by atoms with Gasteiger partial charge in [0.25, 0.3) is 0 Å². The van der Waals surface area contributed by atoms with Crippen molar-refractivity contribution >= 4 is 5.97 Å². The zero-order chi connectivity index (χ0) is 12.9. The van der Waals surface area contributed by atoms with E-state index in [1.54, 1.807) is 13.0 Å². The number of carbonyl (C=O) groups excluding carboxylic acids is 1. The molecule has 0 radical (unpaired) electrons. The minimum Gasteiger partial charge on any atom is -0.462 e. The quantitative estimate of drug-likeness (QED) is 0.798. The topological polar surface area (TPSA) is 52.3 Å². The predicted octanol–water partition coefficient (Wildman–Crippen LogP) is 2.53. The first kappa shape index (κ1) is 13.7. The predicted molar refractivity (Wildman–Crippen MR) is 69.0 cm³/mol. The smallest absolute Gasteiger partial charge is 0.338 e. The molecule has 1 aromatic rings. The number of nitrogens with two attached hydrogens (primary N) is 1. The van der Waals surface area contributed by atoms with Gasteiger partial charge in [-0.25, -0.2) is 4.79 Å². The molecule has 1 aromatic carbocycles. The summed E-state index contributed by atoms with van der Waals surface area (Å²) in [6, 6.07) is 7.54. The fraction of sp³-hybridized carbons (Fsp3) is 0.500. The van der Waals surface area contributed by atoms with Crippen LogP contribution in [0.1, 0.15) is 43.1 Å². The fourth-order valence-electron chi connectivity index (χ4n) is 1.53. The van der Waals surface area contributed by atoms with Crippen molar-refractivity contribution in [2.24, 2.45) is 5.73 Å². The maximum absolute atomic E-state index is 11.6. The minimum atomic E-state index is -0.263. The monoisotopic (exact) mass is 235 g/mol. The summed E-state index contributed by atoms with van der Waals surface area (Å²) in [7, 11) is 0. The van der Waals surface area contributed by atoms with Gasteiger partial charge in [0, 0.05) is 5.54 Å². The van der Waals surface area contributed by atoms with Crippen LogP contribution in [-0.4, -0.2) is 18.1 Å². The van der Waals surface area contributed by atoms with Crippen LogP contribution in [0.25, 0.3) is 0 Å². The average Bonchev–Trinajstić information content (AvgIpc) is 2.26. The number of esters is 1. The normalized spacial score (nSPS) is 11.3. The Bertz CT molecular complexity index is 380. The second kappa shape index (κ2) is 5.82. The molecule has 0 saturated heterocycles. The molecule has 94 valence electrons. The first-order valence-corrected chi connectivity index (χ1v) is 5.97. The highest BCUT2D eigenvalue weighted by molar-refractivity contribution is 5.89.